The predicted molar refractivity (Wildman–Crippen MR) is 244 cm³/mol. The van der Waals surface area contributed by atoms with Crippen molar-refractivity contribution < 1.29 is 0 Å². The van der Waals surface area contributed by atoms with Gasteiger partial charge in [0, 0.05) is 47.6 Å². The molecule has 11 rings (SSSR count). The van der Waals surface area contributed by atoms with E-state index in [0.29, 0.717) is 28.6 Å². The Morgan fingerprint density at radius 1 is 0.383 bits per heavy atom. The summed E-state index contributed by atoms with van der Waals surface area (Å²) in [6.45, 7) is 0. The summed E-state index contributed by atoms with van der Waals surface area (Å²) in [7, 11) is 0. The van der Waals surface area contributed by atoms with Crippen molar-refractivity contribution in [1.82, 2.24) is 19.5 Å². The van der Waals surface area contributed by atoms with Gasteiger partial charge in [-0.15, -0.1) is 11.3 Å². The third kappa shape index (κ3) is 5.97. The van der Waals surface area contributed by atoms with Gasteiger partial charge in [0.2, 0.25) is 0 Å². The first-order chi connectivity index (χ1) is 29.6. The van der Waals surface area contributed by atoms with Crippen LogP contribution in [-0.2, 0) is 0 Å². The Labute approximate surface area is 349 Å². The Morgan fingerprint density at radius 2 is 0.933 bits per heavy atom. The van der Waals surface area contributed by atoms with Crippen LogP contribution >= 0.6 is 11.3 Å². The van der Waals surface area contributed by atoms with Crippen molar-refractivity contribution in [3.63, 3.8) is 0 Å². The molecule has 0 radical (unpaired) electrons. The van der Waals surface area contributed by atoms with Crippen LogP contribution in [0, 0.1) is 22.7 Å². The van der Waals surface area contributed by atoms with Gasteiger partial charge in [0.15, 0.2) is 17.5 Å². The summed E-state index contributed by atoms with van der Waals surface area (Å²) in [4.78, 5) is 15.5. The largest absolute Gasteiger partial charge is 0.309 e. The van der Waals surface area contributed by atoms with Crippen LogP contribution in [0.1, 0.15) is 11.1 Å². The predicted octanol–water partition coefficient (Wildman–Crippen LogP) is 13.4. The highest BCUT2D eigenvalue weighted by Crippen LogP contribution is 2.41. The van der Waals surface area contributed by atoms with E-state index in [9.17, 15) is 10.5 Å². The van der Waals surface area contributed by atoms with Crippen molar-refractivity contribution >= 4 is 53.3 Å². The Hall–Kier alpha value is -8.23. The SMILES string of the molecule is N#Cc1cc(C#N)cc(-c2ccc3c(c2)c2ccccc2n3-c2ccc(-c3ccc4c(c3)sc3ccccc34)cc2-c2nc(-c3ccccc3)nc(-c3ccccc3)n2)c1. The minimum atomic E-state index is 0.449. The van der Waals surface area contributed by atoms with Crippen LogP contribution < -0.4 is 0 Å². The zero-order chi connectivity index (χ0) is 40.2. The highest BCUT2D eigenvalue weighted by Gasteiger charge is 2.21. The lowest BCUT2D eigenvalue weighted by Gasteiger charge is -2.16. The number of fused-ring (bicyclic) bond motifs is 6. The molecule has 0 bridgehead atoms. The van der Waals surface area contributed by atoms with Gasteiger partial charge >= 0.3 is 0 Å². The first-order valence-electron chi connectivity index (χ1n) is 19.5. The Bertz CT molecular complexity index is 3480. The van der Waals surface area contributed by atoms with E-state index in [0.717, 1.165) is 66.4 Å². The van der Waals surface area contributed by atoms with Crippen LogP contribution in [0.2, 0.25) is 0 Å². The lowest BCUT2D eigenvalue weighted by Crippen LogP contribution is -2.04. The maximum absolute atomic E-state index is 9.75. The number of para-hydroxylation sites is 1. The van der Waals surface area contributed by atoms with E-state index in [-0.39, 0.29) is 0 Å². The molecule has 0 saturated carbocycles. The lowest BCUT2D eigenvalue weighted by molar-refractivity contribution is 1.06. The lowest BCUT2D eigenvalue weighted by atomic mass is 9.98. The molecule has 0 spiro atoms. The molecule has 7 heteroatoms. The van der Waals surface area contributed by atoms with E-state index in [4.69, 9.17) is 15.0 Å². The highest BCUT2D eigenvalue weighted by atomic mass is 32.1. The van der Waals surface area contributed by atoms with E-state index in [1.807, 2.05) is 84.1 Å². The van der Waals surface area contributed by atoms with Gasteiger partial charge in [-0.3, -0.25) is 0 Å². The van der Waals surface area contributed by atoms with Crippen molar-refractivity contribution in [1.29, 1.82) is 10.5 Å². The average molecular weight is 783 g/mol. The Balaban J connectivity index is 1.18. The number of thiophene rings is 1. The number of nitriles is 2. The van der Waals surface area contributed by atoms with Crippen molar-refractivity contribution in [2.75, 3.05) is 0 Å². The molecule has 0 unspecified atom stereocenters. The minimum Gasteiger partial charge on any atom is -0.309 e. The molecule has 0 N–H and O–H groups in total. The van der Waals surface area contributed by atoms with Crippen LogP contribution in [0.4, 0.5) is 0 Å². The van der Waals surface area contributed by atoms with Crippen molar-refractivity contribution in [2.45, 2.75) is 0 Å². The van der Waals surface area contributed by atoms with Crippen molar-refractivity contribution in [3.05, 3.63) is 193 Å². The van der Waals surface area contributed by atoms with E-state index in [2.05, 4.69) is 120 Å². The molecular weight excluding hydrogens is 753 g/mol. The second kappa shape index (κ2) is 14.3. The molecule has 0 aliphatic heterocycles. The monoisotopic (exact) mass is 782 g/mol. The van der Waals surface area contributed by atoms with E-state index in [1.165, 1.54) is 20.2 Å². The molecule has 6 nitrogen and oxygen atoms in total. The third-order valence-electron chi connectivity index (χ3n) is 11.1. The number of hydrogen-bond acceptors (Lipinski definition) is 6. The van der Waals surface area contributed by atoms with Gasteiger partial charge in [0.25, 0.3) is 0 Å². The normalized spacial score (nSPS) is 11.3. The summed E-state index contributed by atoms with van der Waals surface area (Å²) in [6.07, 6.45) is 0. The summed E-state index contributed by atoms with van der Waals surface area (Å²) in [5.74, 6) is 1.74. The molecule has 8 aromatic carbocycles. The summed E-state index contributed by atoms with van der Waals surface area (Å²) in [5.41, 5.74) is 10.4. The fraction of sp³-hybridized carbons (Fsp3) is 0. The molecule has 0 aliphatic rings. The highest BCUT2D eigenvalue weighted by molar-refractivity contribution is 7.25. The van der Waals surface area contributed by atoms with Crippen LogP contribution in [0.3, 0.4) is 0 Å². The molecule has 11 aromatic rings. The molecule has 278 valence electrons. The van der Waals surface area contributed by atoms with Gasteiger partial charge in [-0.1, -0.05) is 121 Å². The summed E-state index contributed by atoms with van der Waals surface area (Å²) < 4.78 is 4.80. The van der Waals surface area contributed by atoms with Crippen LogP contribution in [0.15, 0.2) is 182 Å². The van der Waals surface area contributed by atoms with Gasteiger partial charge < -0.3 is 4.57 Å². The molecule has 60 heavy (non-hydrogen) atoms. The Kier molecular flexibility index (Phi) is 8.34. The number of aromatic nitrogens is 4. The molecule has 0 fully saturated rings. The van der Waals surface area contributed by atoms with E-state index >= 15 is 0 Å². The quantitative estimate of drug-likeness (QED) is 0.167. The average Bonchev–Trinajstić information content (AvgIpc) is 3.86. The standard InChI is InChI=1S/C53H30N6S/c54-31-33-25-34(32-55)27-40(26-33)38-21-23-47-44(28-38)41-15-7-9-17-46(41)59(47)48-24-20-37(39-19-22-43-42-16-8-10-18-49(42)60-50(43)30-39)29-45(48)53-57-51(35-11-3-1-4-12-35)56-52(58-53)36-13-5-2-6-14-36/h1-30H. The molecule has 3 aromatic heterocycles. The number of hydrogen-bond donors (Lipinski definition) is 0. The van der Waals surface area contributed by atoms with E-state index < -0.39 is 0 Å². The maximum Gasteiger partial charge on any atom is 0.166 e. The van der Waals surface area contributed by atoms with E-state index in [1.54, 1.807) is 6.07 Å². The van der Waals surface area contributed by atoms with Gasteiger partial charge in [-0.05, 0) is 82.9 Å². The van der Waals surface area contributed by atoms with Gasteiger partial charge in [-0.25, -0.2) is 15.0 Å². The first kappa shape index (κ1) is 35.0. The Morgan fingerprint density at radius 3 is 1.65 bits per heavy atom. The third-order valence-corrected chi connectivity index (χ3v) is 12.2. The molecule has 0 aliphatic carbocycles. The topological polar surface area (TPSA) is 91.2 Å². The zero-order valence-electron chi connectivity index (χ0n) is 31.9. The minimum absolute atomic E-state index is 0.449. The summed E-state index contributed by atoms with van der Waals surface area (Å²) >= 11 is 1.81. The molecule has 0 amide bonds. The molecule has 0 atom stereocenters. The van der Waals surface area contributed by atoms with Crippen LogP contribution in [-0.4, -0.2) is 19.5 Å². The second-order valence-electron chi connectivity index (χ2n) is 14.7. The number of nitrogens with zero attached hydrogens (tertiary/aromatic N) is 6. The van der Waals surface area contributed by atoms with Gasteiger partial charge in [0.1, 0.15) is 0 Å². The van der Waals surface area contributed by atoms with Crippen molar-refractivity contribution in [2.24, 2.45) is 0 Å². The zero-order valence-corrected chi connectivity index (χ0v) is 32.7. The fourth-order valence-corrected chi connectivity index (χ4v) is 9.40. The number of rotatable bonds is 6. The smallest absolute Gasteiger partial charge is 0.166 e. The van der Waals surface area contributed by atoms with Gasteiger partial charge in [-0.2, -0.15) is 10.5 Å². The van der Waals surface area contributed by atoms with Crippen LogP contribution in [0.5, 0.6) is 0 Å². The first-order valence-corrected chi connectivity index (χ1v) is 20.4. The van der Waals surface area contributed by atoms with Gasteiger partial charge in [0.05, 0.1) is 40.0 Å². The molecular formula is C53H30N6S. The molecule has 3 heterocycles. The number of benzene rings is 8. The fourth-order valence-electron chi connectivity index (χ4n) is 8.26. The summed E-state index contributed by atoms with van der Waals surface area (Å²) in [6, 6.07) is 66.5. The summed E-state index contributed by atoms with van der Waals surface area (Å²) in [5, 5.41) is 24.1. The second-order valence-corrected chi connectivity index (χ2v) is 15.8. The maximum atomic E-state index is 9.75. The van der Waals surface area contributed by atoms with Crippen molar-refractivity contribution in [3.8, 4) is 74.2 Å². The molecule has 0 saturated heterocycles. The van der Waals surface area contributed by atoms with Crippen LogP contribution in [0.25, 0.3) is 104 Å².